The van der Waals surface area contributed by atoms with Crippen LogP contribution in [0.5, 0.6) is 0 Å². The van der Waals surface area contributed by atoms with Gasteiger partial charge in [-0.15, -0.1) is 0 Å². The Balaban J connectivity index is 1.98. The molecule has 5 heteroatoms. The maximum Gasteiger partial charge on any atom is 0.251 e. The highest BCUT2D eigenvalue weighted by Gasteiger charge is 2.06. The number of benzene rings is 1. The number of nitrogens with zero attached hydrogens (tertiary/aromatic N) is 2. The van der Waals surface area contributed by atoms with Crippen molar-refractivity contribution in [3.05, 3.63) is 53.3 Å². The van der Waals surface area contributed by atoms with Gasteiger partial charge in [0, 0.05) is 30.1 Å². The first-order chi connectivity index (χ1) is 10.2. The second-order valence-electron chi connectivity index (χ2n) is 4.56. The van der Waals surface area contributed by atoms with E-state index in [1.54, 1.807) is 23.0 Å². The predicted octanol–water partition coefficient (Wildman–Crippen LogP) is 0.932. The van der Waals surface area contributed by atoms with Crippen molar-refractivity contribution in [2.45, 2.75) is 13.5 Å². The van der Waals surface area contributed by atoms with Crippen molar-refractivity contribution >= 4 is 5.91 Å². The van der Waals surface area contributed by atoms with Gasteiger partial charge in [0.2, 0.25) is 0 Å². The van der Waals surface area contributed by atoms with Gasteiger partial charge in [-0.1, -0.05) is 17.9 Å². The Bertz CT molecular complexity index is 665. The first kappa shape index (κ1) is 14.8. The lowest BCUT2D eigenvalue weighted by Gasteiger charge is -2.07. The standard InChI is InChI=1S/C16H18N4O/c1-13-5-6-15(12-14(13)4-2-7-17)16(21)18-9-11-20-10-3-8-19-20/h3,5-6,8,10,12H,7,9,11,17H2,1H3,(H,18,21). The summed E-state index contributed by atoms with van der Waals surface area (Å²) in [6.45, 7) is 3.43. The van der Waals surface area contributed by atoms with Crippen LogP contribution in [0.3, 0.4) is 0 Å². The van der Waals surface area contributed by atoms with E-state index < -0.39 is 0 Å². The first-order valence-electron chi connectivity index (χ1n) is 6.76. The van der Waals surface area contributed by atoms with Gasteiger partial charge in [0.25, 0.3) is 5.91 Å². The van der Waals surface area contributed by atoms with Crippen LogP contribution in [0.4, 0.5) is 0 Å². The van der Waals surface area contributed by atoms with Crippen LogP contribution >= 0.6 is 0 Å². The molecule has 3 N–H and O–H groups in total. The number of aromatic nitrogens is 2. The molecule has 0 bridgehead atoms. The topological polar surface area (TPSA) is 72.9 Å². The number of carbonyl (C=O) groups is 1. The lowest BCUT2D eigenvalue weighted by Crippen LogP contribution is -2.27. The summed E-state index contributed by atoms with van der Waals surface area (Å²) < 4.78 is 1.77. The van der Waals surface area contributed by atoms with E-state index in [-0.39, 0.29) is 5.91 Å². The van der Waals surface area contributed by atoms with E-state index in [0.29, 0.717) is 25.2 Å². The molecule has 0 radical (unpaired) electrons. The second kappa shape index (κ2) is 7.27. The molecule has 0 aliphatic rings. The van der Waals surface area contributed by atoms with Gasteiger partial charge in [-0.3, -0.25) is 9.48 Å². The molecule has 0 unspecified atom stereocenters. The Labute approximate surface area is 124 Å². The number of rotatable bonds is 4. The molecule has 5 nitrogen and oxygen atoms in total. The SMILES string of the molecule is Cc1ccc(C(=O)NCCn2cccn2)cc1C#CCN. The number of hydrogen-bond donors (Lipinski definition) is 2. The van der Waals surface area contributed by atoms with Gasteiger partial charge >= 0.3 is 0 Å². The van der Waals surface area contributed by atoms with Crippen LogP contribution in [0.15, 0.2) is 36.7 Å². The van der Waals surface area contributed by atoms with Crippen LogP contribution in [-0.4, -0.2) is 28.8 Å². The van der Waals surface area contributed by atoms with Gasteiger partial charge in [0.15, 0.2) is 0 Å². The molecular weight excluding hydrogens is 264 g/mol. The molecule has 0 saturated carbocycles. The third kappa shape index (κ3) is 4.20. The van der Waals surface area contributed by atoms with Gasteiger partial charge < -0.3 is 11.1 Å². The summed E-state index contributed by atoms with van der Waals surface area (Å²) in [6.07, 6.45) is 3.57. The average Bonchev–Trinajstić information content (AvgIpc) is 2.99. The van der Waals surface area contributed by atoms with E-state index >= 15 is 0 Å². The van der Waals surface area contributed by atoms with E-state index in [9.17, 15) is 4.79 Å². The molecule has 0 fully saturated rings. The van der Waals surface area contributed by atoms with Crippen LogP contribution in [-0.2, 0) is 6.54 Å². The van der Waals surface area contributed by atoms with Crippen molar-refractivity contribution in [2.75, 3.05) is 13.1 Å². The second-order valence-corrected chi connectivity index (χ2v) is 4.56. The Morgan fingerprint density at radius 3 is 3.05 bits per heavy atom. The van der Waals surface area contributed by atoms with Gasteiger partial charge in [0.1, 0.15) is 0 Å². The molecule has 21 heavy (non-hydrogen) atoms. The Hall–Kier alpha value is -2.58. The molecule has 2 aromatic rings. The molecule has 1 aromatic heterocycles. The minimum absolute atomic E-state index is 0.113. The van der Waals surface area contributed by atoms with Crippen LogP contribution < -0.4 is 11.1 Å². The Kier molecular flexibility index (Phi) is 5.13. The largest absolute Gasteiger partial charge is 0.350 e. The summed E-state index contributed by atoms with van der Waals surface area (Å²) in [5.74, 6) is 5.67. The maximum atomic E-state index is 12.1. The Morgan fingerprint density at radius 1 is 1.48 bits per heavy atom. The lowest BCUT2D eigenvalue weighted by atomic mass is 10.0. The zero-order valence-corrected chi connectivity index (χ0v) is 12.0. The van der Waals surface area contributed by atoms with E-state index in [1.807, 2.05) is 25.3 Å². The van der Waals surface area contributed by atoms with Crippen molar-refractivity contribution in [3.63, 3.8) is 0 Å². The van der Waals surface area contributed by atoms with E-state index in [1.165, 1.54) is 0 Å². The van der Waals surface area contributed by atoms with E-state index in [2.05, 4.69) is 22.3 Å². The van der Waals surface area contributed by atoms with Crippen LogP contribution in [0, 0.1) is 18.8 Å². The monoisotopic (exact) mass is 282 g/mol. The molecule has 0 aliphatic heterocycles. The van der Waals surface area contributed by atoms with Crippen LogP contribution in [0.2, 0.25) is 0 Å². The normalized spacial score (nSPS) is 9.81. The van der Waals surface area contributed by atoms with Crippen molar-refractivity contribution in [1.29, 1.82) is 0 Å². The molecule has 1 aromatic carbocycles. The molecular formula is C16H18N4O. The number of hydrogen-bond acceptors (Lipinski definition) is 3. The molecule has 0 aliphatic carbocycles. The van der Waals surface area contributed by atoms with Crippen LogP contribution in [0.1, 0.15) is 21.5 Å². The lowest BCUT2D eigenvalue weighted by molar-refractivity contribution is 0.0952. The van der Waals surface area contributed by atoms with Gasteiger partial charge in [-0.25, -0.2) is 0 Å². The highest BCUT2D eigenvalue weighted by Crippen LogP contribution is 2.10. The van der Waals surface area contributed by atoms with Crippen molar-refractivity contribution < 1.29 is 4.79 Å². The fraction of sp³-hybridized carbons (Fsp3) is 0.250. The number of carbonyl (C=O) groups excluding carboxylic acids is 1. The number of nitrogens with one attached hydrogen (secondary N) is 1. The summed E-state index contributed by atoms with van der Waals surface area (Å²) in [7, 11) is 0. The number of amides is 1. The summed E-state index contributed by atoms with van der Waals surface area (Å²) in [6, 6.07) is 7.33. The van der Waals surface area contributed by atoms with E-state index in [0.717, 1.165) is 11.1 Å². The van der Waals surface area contributed by atoms with E-state index in [4.69, 9.17) is 5.73 Å². The number of nitrogens with two attached hydrogens (primary N) is 1. The molecule has 0 atom stereocenters. The molecule has 2 rings (SSSR count). The highest BCUT2D eigenvalue weighted by molar-refractivity contribution is 5.94. The zero-order chi connectivity index (χ0) is 15.1. The third-order valence-corrected chi connectivity index (χ3v) is 3.01. The van der Waals surface area contributed by atoms with Gasteiger partial charge in [-0.2, -0.15) is 5.10 Å². The molecule has 0 saturated heterocycles. The maximum absolute atomic E-state index is 12.1. The Morgan fingerprint density at radius 2 is 2.33 bits per heavy atom. The van der Waals surface area contributed by atoms with Gasteiger partial charge in [0.05, 0.1) is 13.1 Å². The molecule has 0 spiro atoms. The fourth-order valence-electron chi connectivity index (χ4n) is 1.86. The molecule has 108 valence electrons. The predicted molar refractivity (Wildman–Crippen MR) is 81.7 cm³/mol. The number of aryl methyl sites for hydroxylation is 1. The third-order valence-electron chi connectivity index (χ3n) is 3.01. The minimum atomic E-state index is -0.113. The van der Waals surface area contributed by atoms with Crippen molar-refractivity contribution in [2.24, 2.45) is 5.73 Å². The van der Waals surface area contributed by atoms with Crippen molar-refractivity contribution in [1.82, 2.24) is 15.1 Å². The summed E-state index contributed by atoms with van der Waals surface area (Å²) >= 11 is 0. The fourth-order valence-corrected chi connectivity index (χ4v) is 1.86. The summed E-state index contributed by atoms with van der Waals surface area (Å²) in [5, 5.41) is 6.95. The molecule has 1 heterocycles. The molecule has 1 amide bonds. The van der Waals surface area contributed by atoms with Crippen molar-refractivity contribution in [3.8, 4) is 11.8 Å². The summed E-state index contributed by atoms with van der Waals surface area (Å²) in [5.41, 5.74) is 7.84. The zero-order valence-electron chi connectivity index (χ0n) is 12.0. The first-order valence-corrected chi connectivity index (χ1v) is 6.76. The smallest absolute Gasteiger partial charge is 0.251 e. The minimum Gasteiger partial charge on any atom is -0.350 e. The quantitative estimate of drug-likeness (QED) is 0.819. The average molecular weight is 282 g/mol. The van der Waals surface area contributed by atoms with Gasteiger partial charge in [-0.05, 0) is 30.7 Å². The summed E-state index contributed by atoms with van der Waals surface area (Å²) in [4.78, 5) is 12.1. The highest BCUT2D eigenvalue weighted by atomic mass is 16.1. The van der Waals surface area contributed by atoms with Crippen LogP contribution in [0.25, 0.3) is 0 Å².